The Bertz CT molecular complexity index is 700. The predicted molar refractivity (Wildman–Crippen MR) is 109 cm³/mol. The number of methoxy groups -OCH3 is 1. The van der Waals surface area contributed by atoms with Crippen molar-refractivity contribution in [2.75, 3.05) is 12.9 Å². The van der Waals surface area contributed by atoms with Gasteiger partial charge in [0, 0.05) is 9.32 Å². The fraction of sp³-hybridized carbons (Fsp3) is 0.222. The maximum atomic E-state index is 11.9. The zero-order chi connectivity index (χ0) is 17.4. The second-order valence-corrected chi connectivity index (χ2v) is 7.31. The molecule has 2 rings (SSSR count). The first kappa shape index (κ1) is 18.8. The molecule has 4 nitrogen and oxygen atoms in total. The maximum absolute atomic E-state index is 11.9. The number of hydrogen-bond donors (Lipinski definition) is 1. The highest BCUT2D eigenvalue weighted by Gasteiger charge is 2.03. The number of rotatable bonds is 7. The Morgan fingerprint density at radius 2 is 1.83 bits per heavy atom. The van der Waals surface area contributed by atoms with E-state index in [2.05, 4.69) is 33.1 Å². The van der Waals surface area contributed by atoms with Crippen LogP contribution in [0.2, 0.25) is 0 Å². The third kappa shape index (κ3) is 6.16. The van der Waals surface area contributed by atoms with Crippen LogP contribution in [0, 0.1) is 3.57 Å². The van der Waals surface area contributed by atoms with Gasteiger partial charge in [0.05, 0.1) is 18.6 Å². The fourth-order valence-corrected chi connectivity index (χ4v) is 3.06. The second kappa shape index (κ2) is 9.68. The van der Waals surface area contributed by atoms with Crippen molar-refractivity contribution in [3.8, 4) is 5.75 Å². The summed E-state index contributed by atoms with van der Waals surface area (Å²) in [5.74, 6) is 1.88. The number of nitrogens with zero attached hydrogens (tertiary/aromatic N) is 1. The first-order valence-electron chi connectivity index (χ1n) is 7.38. The lowest BCUT2D eigenvalue weighted by Crippen LogP contribution is -2.21. The lowest BCUT2D eigenvalue weighted by molar-refractivity contribution is -0.118. The van der Waals surface area contributed by atoms with E-state index in [0.29, 0.717) is 5.75 Å². The molecule has 2 aromatic rings. The molecule has 0 aliphatic rings. The second-order valence-electron chi connectivity index (χ2n) is 5.08. The van der Waals surface area contributed by atoms with E-state index in [0.717, 1.165) is 28.3 Å². The zero-order valence-corrected chi connectivity index (χ0v) is 16.6. The van der Waals surface area contributed by atoms with Crippen LogP contribution in [0.15, 0.2) is 53.6 Å². The number of hydrogen-bond acceptors (Lipinski definition) is 4. The van der Waals surface area contributed by atoms with E-state index in [9.17, 15) is 4.79 Å². The van der Waals surface area contributed by atoms with Crippen molar-refractivity contribution in [3.63, 3.8) is 0 Å². The zero-order valence-electron chi connectivity index (χ0n) is 13.6. The van der Waals surface area contributed by atoms with E-state index in [1.807, 2.05) is 55.5 Å². The smallest absolute Gasteiger partial charge is 0.250 e. The van der Waals surface area contributed by atoms with Gasteiger partial charge in [-0.15, -0.1) is 11.8 Å². The lowest BCUT2D eigenvalue weighted by atomic mass is 10.1. The monoisotopic (exact) mass is 454 g/mol. The number of hydrazone groups is 1. The molecule has 0 radical (unpaired) electrons. The molecule has 1 N–H and O–H groups in total. The molecule has 0 aliphatic carbocycles. The van der Waals surface area contributed by atoms with Crippen molar-refractivity contribution < 1.29 is 9.53 Å². The van der Waals surface area contributed by atoms with Crippen LogP contribution in [-0.4, -0.2) is 24.5 Å². The summed E-state index contributed by atoms with van der Waals surface area (Å²) in [6, 6.07) is 15.9. The van der Waals surface area contributed by atoms with Crippen LogP contribution >= 0.6 is 34.4 Å². The van der Waals surface area contributed by atoms with Gasteiger partial charge < -0.3 is 4.74 Å². The summed E-state index contributed by atoms with van der Waals surface area (Å²) in [5, 5.41) is 4.16. The molecule has 0 aliphatic heterocycles. The summed E-state index contributed by atoms with van der Waals surface area (Å²) in [5.41, 5.74) is 5.56. The van der Waals surface area contributed by atoms with E-state index < -0.39 is 0 Å². The molecule has 0 aromatic heterocycles. The topological polar surface area (TPSA) is 50.7 Å². The quantitative estimate of drug-likeness (QED) is 0.390. The summed E-state index contributed by atoms with van der Waals surface area (Å²) < 4.78 is 6.29. The van der Waals surface area contributed by atoms with Crippen LogP contribution in [0.25, 0.3) is 0 Å². The Labute approximate surface area is 160 Å². The summed E-state index contributed by atoms with van der Waals surface area (Å²) >= 11 is 3.81. The van der Waals surface area contributed by atoms with E-state index in [-0.39, 0.29) is 5.91 Å². The van der Waals surface area contributed by atoms with Crippen LogP contribution in [-0.2, 0) is 10.5 Å². The number of benzene rings is 2. The minimum absolute atomic E-state index is 0.0987. The molecule has 0 heterocycles. The first-order chi connectivity index (χ1) is 11.6. The number of halogens is 1. The first-order valence-corrected chi connectivity index (χ1v) is 9.61. The molecule has 2 aromatic carbocycles. The molecule has 0 unspecified atom stereocenters. The van der Waals surface area contributed by atoms with Crippen molar-refractivity contribution in [2.45, 2.75) is 12.7 Å². The van der Waals surface area contributed by atoms with E-state index in [1.54, 1.807) is 18.9 Å². The number of nitrogens with one attached hydrogen (secondary N) is 1. The average molecular weight is 454 g/mol. The molecule has 1 amide bonds. The summed E-state index contributed by atoms with van der Waals surface area (Å²) in [6.45, 7) is 1.88. The number of carbonyl (C=O) groups excluding carboxylic acids is 1. The van der Waals surface area contributed by atoms with Crippen LogP contribution < -0.4 is 10.2 Å². The molecule has 0 bridgehead atoms. The Morgan fingerprint density at radius 1 is 1.17 bits per heavy atom. The third-order valence-corrected chi connectivity index (χ3v) is 4.99. The molecule has 0 saturated carbocycles. The largest absolute Gasteiger partial charge is 0.497 e. The number of amides is 1. The molecule has 0 fully saturated rings. The highest BCUT2D eigenvalue weighted by Crippen LogP contribution is 2.16. The van der Waals surface area contributed by atoms with Gasteiger partial charge in [0.25, 0.3) is 0 Å². The van der Waals surface area contributed by atoms with E-state index in [4.69, 9.17) is 4.74 Å². The van der Waals surface area contributed by atoms with Crippen LogP contribution in [0.3, 0.4) is 0 Å². The Hall–Kier alpha value is -1.54. The van der Waals surface area contributed by atoms with Crippen molar-refractivity contribution in [2.24, 2.45) is 5.10 Å². The van der Waals surface area contributed by atoms with Crippen LogP contribution in [0.4, 0.5) is 0 Å². The van der Waals surface area contributed by atoms with Gasteiger partial charge in [-0.05, 0) is 64.9 Å². The summed E-state index contributed by atoms with van der Waals surface area (Å²) in [6.07, 6.45) is 0. The van der Waals surface area contributed by atoms with Gasteiger partial charge in [-0.25, -0.2) is 5.43 Å². The normalized spacial score (nSPS) is 11.2. The minimum Gasteiger partial charge on any atom is -0.497 e. The van der Waals surface area contributed by atoms with Gasteiger partial charge in [0.2, 0.25) is 5.91 Å². The maximum Gasteiger partial charge on any atom is 0.250 e. The van der Waals surface area contributed by atoms with Gasteiger partial charge in [-0.3, -0.25) is 4.79 Å². The highest BCUT2D eigenvalue weighted by atomic mass is 127. The molecule has 0 atom stereocenters. The van der Waals surface area contributed by atoms with Gasteiger partial charge in [0.1, 0.15) is 5.75 Å². The highest BCUT2D eigenvalue weighted by molar-refractivity contribution is 14.1. The molecule has 24 heavy (non-hydrogen) atoms. The Morgan fingerprint density at radius 3 is 2.46 bits per heavy atom. The number of ether oxygens (including phenoxy) is 1. The standard InChI is InChI=1S/C18H19IN2O2S/c1-13(15-5-7-16(19)8-6-15)20-21-18(22)12-24-11-14-3-9-17(23-2)10-4-14/h3-10H,11-12H2,1-2H3,(H,21,22)/b20-13-. The Kier molecular flexibility index (Phi) is 7.58. The fourth-order valence-electron chi connectivity index (χ4n) is 1.92. The minimum atomic E-state index is -0.0987. The lowest BCUT2D eigenvalue weighted by Gasteiger charge is -2.05. The van der Waals surface area contributed by atoms with Gasteiger partial charge in [-0.1, -0.05) is 24.3 Å². The summed E-state index contributed by atoms with van der Waals surface area (Å²) in [4.78, 5) is 11.9. The van der Waals surface area contributed by atoms with Crippen LogP contribution in [0.5, 0.6) is 5.75 Å². The summed E-state index contributed by atoms with van der Waals surface area (Å²) in [7, 11) is 1.65. The molecular weight excluding hydrogens is 435 g/mol. The van der Waals surface area contributed by atoms with Crippen molar-refractivity contribution >= 4 is 46.0 Å². The molecule has 0 spiro atoms. The third-order valence-electron chi connectivity index (χ3n) is 3.27. The van der Waals surface area contributed by atoms with Crippen molar-refractivity contribution in [1.29, 1.82) is 0 Å². The Balaban J connectivity index is 1.76. The molecule has 126 valence electrons. The molecule has 6 heteroatoms. The molecule has 0 saturated heterocycles. The SMILES string of the molecule is COc1ccc(CSCC(=O)N/N=C(/C)c2ccc(I)cc2)cc1. The van der Waals surface area contributed by atoms with Gasteiger partial charge in [0.15, 0.2) is 0 Å². The van der Waals surface area contributed by atoms with Gasteiger partial charge >= 0.3 is 0 Å². The van der Waals surface area contributed by atoms with E-state index in [1.165, 1.54) is 3.57 Å². The van der Waals surface area contributed by atoms with Crippen LogP contribution in [0.1, 0.15) is 18.1 Å². The van der Waals surface area contributed by atoms with E-state index >= 15 is 0 Å². The number of thioether (sulfide) groups is 1. The average Bonchev–Trinajstić information content (AvgIpc) is 2.61. The molecular formula is C18H19IN2O2S. The number of carbonyl (C=O) groups is 1. The predicted octanol–water partition coefficient (Wildman–Crippen LogP) is 4.07. The van der Waals surface area contributed by atoms with Crippen molar-refractivity contribution in [3.05, 3.63) is 63.2 Å². The van der Waals surface area contributed by atoms with Crippen molar-refractivity contribution in [1.82, 2.24) is 5.43 Å². The van der Waals surface area contributed by atoms with Gasteiger partial charge in [-0.2, -0.15) is 5.10 Å².